The highest BCUT2D eigenvalue weighted by molar-refractivity contribution is 5.69. The highest BCUT2D eigenvalue weighted by atomic mass is 19.4. The maximum absolute atomic E-state index is 12.9. The molecule has 1 atom stereocenters. The van der Waals surface area contributed by atoms with Crippen LogP contribution in [0.4, 0.5) is 17.6 Å². The second-order valence-corrected chi connectivity index (χ2v) is 3.66. The first kappa shape index (κ1) is 14.9. The SMILES string of the molecule is O=CN[C@H](CC(=O)O)c1ccc(F)cc1C(F)(F)F. The molecule has 0 saturated heterocycles. The number of hydrogen-bond acceptors (Lipinski definition) is 2. The fraction of sp³-hybridized carbons (Fsp3) is 0.273. The molecule has 0 aliphatic carbocycles. The lowest BCUT2D eigenvalue weighted by atomic mass is 9.97. The third-order valence-electron chi connectivity index (χ3n) is 2.34. The lowest BCUT2D eigenvalue weighted by Crippen LogP contribution is -2.25. The van der Waals surface area contributed by atoms with Crippen molar-refractivity contribution < 1.29 is 32.3 Å². The number of alkyl halides is 3. The molecular formula is C11H9F4NO3. The van der Waals surface area contributed by atoms with Crippen LogP contribution in [0.2, 0.25) is 0 Å². The Morgan fingerprint density at radius 2 is 2.05 bits per heavy atom. The molecule has 2 N–H and O–H groups in total. The number of nitrogens with one attached hydrogen (secondary N) is 1. The number of carbonyl (C=O) groups excluding carboxylic acids is 1. The van der Waals surface area contributed by atoms with E-state index in [2.05, 4.69) is 0 Å². The summed E-state index contributed by atoms with van der Waals surface area (Å²) in [5, 5.41) is 10.6. The van der Waals surface area contributed by atoms with E-state index in [4.69, 9.17) is 5.11 Å². The molecule has 0 bridgehead atoms. The molecule has 8 heteroatoms. The van der Waals surface area contributed by atoms with E-state index in [1.807, 2.05) is 5.32 Å². The first-order valence-electron chi connectivity index (χ1n) is 5.04. The summed E-state index contributed by atoms with van der Waals surface area (Å²) in [5.74, 6) is -2.49. The molecule has 0 saturated carbocycles. The molecule has 0 aliphatic rings. The van der Waals surface area contributed by atoms with Gasteiger partial charge in [-0.3, -0.25) is 9.59 Å². The molecule has 1 amide bonds. The molecule has 1 aromatic rings. The van der Waals surface area contributed by atoms with Crippen molar-refractivity contribution in [2.45, 2.75) is 18.6 Å². The molecule has 0 aromatic heterocycles. The summed E-state index contributed by atoms with van der Waals surface area (Å²) in [4.78, 5) is 20.9. The second-order valence-electron chi connectivity index (χ2n) is 3.66. The van der Waals surface area contributed by atoms with E-state index in [1.165, 1.54) is 0 Å². The van der Waals surface area contributed by atoms with E-state index in [9.17, 15) is 27.2 Å². The minimum absolute atomic E-state index is 0.0944. The van der Waals surface area contributed by atoms with Crippen molar-refractivity contribution in [3.63, 3.8) is 0 Å². The zero-order valence-corrected chi connectivity index (χ0v) is 9.37. The van der Waals surface area contributed by atoms with Crippen LogP contribution >= 0.6 is 0 Å². The fourth-order valence-electron chi connectivity index (χ4n) is 1.59. The summed E-state index contributed by atoms with van der Waals surface area (Å²) < 4.78 is 51.1. The van der Waals surface area contributed by atoms with E-state index >= 15 is 0 Å². The Morgan fingerprint density at radius 1 is 1.42 bits per heavy atom. The topological polar surface area (TPSA) is 66.4 Å². The number of carbonyl (C=O) groups is 2. The van der Waals surface area contributed by atoms with Gasteiger partial charge >= 0.3 is 12.1 Å². The zero-order valence-electron chi connectivity index (χ0n) is 9.37. The highest BCUT2D eigenvalue weighted by Gasteiger charge is 2.36. The van der Waals surface area contributed by atoms with Crippen molar-refractivity contribution in [1.82, 2.24) is 5.32 Å². The monoisotopic (exact) mass is 279 g/mol. The van der Waals surface area contributed by atoms with Crippen molar-refractivity contribution in [3.05, 3.63) is 35.1 Å². The summed E-state index contributed by atoms with van der Waals surface area (Å²) in [7, 11) is 0. The van der Waals surface area contributed by atoms with Crippen molar-refractivity contribution in [1.29, 1.82) is 0 Å². The Kier molecular flexibility index (Phi) is 4.47. The van der Waals surface area contributed by atoms with Gasteiger partial charge in [-0.1, -0.05) is 6.07 Å². The molecule has 0 fully saturated rings. The van der Waals surface area contributed by atoms with Crippen LogP contribution in [0.15, 0.2) is 18.2 Å². The van der Waals surface area contributed by atoms with Crippen LogP contribution in [0.1, 0.15) is 23.6 Å². The summed E-state index contributed by atoms with van der Waals surface area (Å²) in [6.07, 6.45) is -5.50. The summed E-state index contributed by atoms with van der Waals surface area (Å²) in [5.41, 5.74) is -1.81. The van der Waals surface area contributed by atoms with Crippen LogP contribution in [-0.4, -0.2) is 17.5 Å². The standard InChI is InChI=1S/C11H9F4NO3/c12-6-1-2-7(8(3-6)11(13,14)15)9(16-5-17)4-10(18)19/h1-3,5,9H,4H2,(H,16,17)(H,18,19)/t9-/m1/s1. The van der Waals surface area contributed by atoms with Crippen LogP contribution in [0.3, 0.4) is 0 Å². The quantitative estimate of drug-likeness (QED) is 0.640. The van der Waals surface area contributed by atoms with Crippen molar-refractivity contribution in [3.8, 4) is 0 Å². The van der Waals surface area contributed by atoms with Gasteiger partial charge in [-0.15, -0.1) is 0 Å². The molecule has 0 heterocycles. The third-order valence-corrected chi connectivity index (χ3v) is 2.34. The molecule has 0 radical (unpaired) electrons. The fourth-order valence-corrected chi connectivity index (χ4v) is 1.59. The van der Waals surface area contributed by atoms with Crippen LogP contribution < -0.4 is 5.32 Å². The van der Waals surface area contributed by atoms with Gasteiger partial charge in [0.25, 0.3) is 0 Å². The molecule has 0 spiro atoms. The highest BCUT2D eigenvalue weighted by Crippen LogP contribution is 2.35. The number of aliphatic carboxylic acids is 1. The van der Waals surface area contributed by atoms with Gasteiger partial charge in [0, 0.05) is 0 Å². The minimum Gasteiger partial charge on any atom is -0.481 e. The van der Waals surface area contributed by atoms with Crippen LogP contribution in [0.25, 0.3) is 0 Å². The summed E-state index contributed by atoms with van der Waals surface area (Å²) >= 11 is 0. The van der Waals surface area contributed by atoms with Crippen molar-refractivity contribution >= 4 is 12.4 Å². The van der Waals surface area contributed by atoms with E-state index in [0.717, 1.165) is 12.1 Å². The van der Waals surface area contributed by atoms with E-state index in [-0.39, 0.29) is 12.5 Å². The predicted molar refractivity (Wildman–Crippen MR) is 55.6 cm³/mol. The third kappa shape index (κ3) is 3.94. The maximum Gasteiger partial charge on any atom is 0.416 e. The number of rotatable bonds is 5. The van der Waals surface area contributed by atoms with E-state index in [1.54, 1.807) is 0 Å². The Balaban J connectivity index is 3.29. The Hall–Kier alpha value is -2.12. The number of carboxylic acids is 1. The van der Waals surface area contributed by atoms with Gasteiger partial charge in [0.2, 0.25) is 6.41 Å². The largest absolute Gasteiger partial charge is 0.481 e. The predicted octanol–water partition coefficient (Wildman–Crippen LogP) is 2.11. The summed E-state index contributed by atoms with van der Waals surface area (Å²) in [6, 6.07) is 0.456. The Bertz CT molecular complexity index is 487. The van der Waals surface area contributed by atoms with Gasteiger partial charge in [0.15, 0.2) is 0 Å². The number of hydrogen-bond donors (Lipinski definition) is 2. The normalized spacial score (nSPS) is 12.8. The van der Waals surface area contributed by atoms with E-state index in [0.29, 0.717) is 0 Å². The van der Waals surface area contributed by atoms with Crippen molar-refractivity contribution in [2.75, 3.05) is 0 Å². The van der Waals surface area contributed by atoms with Gasteiger partial charge < -0.3 is 10.4 Å². The maximum atomic E-state index is 12.9. The van der Waals surface area contributed by atoms with Gasteiger partial charge in [-0.25, -0.2) is 4.39 Å². The average molecular weight is 279 g/mol. The van der Waals surface area contributed by atoms with Gasteiger partial charge in [-0.05, 0) is 17.7 Å². The summed E-state index contributed by atoms with van der Waals surface area (Å²) in [6.45, 7) is 0. The first-order valence-corrected chi connectivity index (χ1v) is 5.04. The number of amides is 1. The van der Waals surface area contributed by atoms with Crippen LogP contribution in [0, 0.1) is 5.82 Å². The smallest absolute Gasteiger partial charge is 0.416 e. The van der Waals surface area contributed by atoms with Crippen LogP contribution in [-0.2, 0) is 15.8 Å². The van der Waals surface area contributed by atoms with Crippen LogP contribution in [0.5, 0.6) is 0 Å². The van der Waals surface area contributed by atoms with Gasteiger partial charge in [-0.2, -0.15) is 13.2 Å². The van der Waals surface area contributed by atoms with Gasteiger partial charge in [0.1, 0.15) is 5.82 Å². The van der Waals surface area contributed by atoms with Crippen molar-refractivity contribution in [2.24, 2.45) is 0 Å². The van der Waals surface area contributed by atoms with E-state index < -0.39 is 41.6 Å². The molecule has 104 valence electrons. The first-order chi connectivity index (χ1) is 8.75. The lowest BCUT2D eigenvalue weighted by Gasteiger charge is -2.19. The second kappa shape index (κ2) is 5.68. The molecule has 0 unspecified atom stereocenters. The molecule has 1 aromatic carbocycles. The zero-order chi connectivity index (χ0) is 14.6. The Morgan fingerprint density at radius 3 is 2.53 bits per heavy atom. The molecule has 4 nitrogen and oxygen atoms in total. The average Bonchev–Trinajstić information content (AvgIpc) is 2.26. The molecule has 19 heavy (non-hydrogen) atoms. The molecule has 0 aliphatic heterocycles. The van der Waals surface area contributed by atoms with Gasteiger partial charge in [0.05, 0.1) is 18.0 Å². The number of benzene rings is 1. The number of carboxylic acid groups (broad SMARTS) is 1. The number of halogens is 4. The molecule has 1 rings (SSSR count). The minimum atomic E-state index is -4.85. The lowest BCUT2D eigenvalue weighted by molar-refractivity contribution is -0.141. The molecular weight excluding hydrogens is 270 g/mol. The Labute approximate surface area is 105 Å².